The summed E-state index contributed by atoms with van der Waals surface area (Å²) in [7, 11) is 2.16. The lowest BCUT2D eigenvalue weighted by molar-refractivity contribution is -0.122. The minimum absolute atomic E-state index is 0.0548. The van der Waals surface area contributed by atoms with E-state index in [4.69, 9.17) is 4.99 Å². The second-order valence-electron chi connectivity index (χ2n) is 9.68. The predicted molar refractivity (Wildman–Crippen MR) is 166 cm³/mol. The lowest BCUT2D eigenvalue weighted by Crippen LogP contribution is -2.49. The van der Waals surface area contributed by atoms with Crippen LogP contribution in [0.15, 0.2) is 83.5 Å². The largest absolute Gasteiger partial charge is 0.323 e. The van der Waals surface area contributed by atoms with Gasteiger partial charge >= 0.3 is 0 Å². The molecule has 0 spiro atoms. The molecular weight excluding hydrogens is 482 g/mol. The molecule has 2 aromatic carbocycles. The molecule has 6 nitrogen and oxygen atoms in total. The molecule has 0 aliphatic carbocycles. The van der Waals surface area contributed by atoms with Crippen LogP contribution in [0.1, 0.15) is 56.8 Å². The molecule has 2 aromatic rings. The molecule has 0 radical (unpaired) electrons. The molecule has 2 aliphatic rings. The monoisotopic (exact) mass is 531 g/mol. The van der Waals surface area contributed by atoms with Crippen molar-refractivity contribution in [1.82, 2.24) is 20.4 Å². The van der Waals surface area contributed by atoms with E-state index in [-0.39, 0.29) is 12.1 Å². The Morgan fingerprint density at radius 3 is 2.21 bits per heavy atom. The van der Waals surface area contributed by atoms with Crippen molar-refractivity contribution in [2.24, 2.45) is 4.99 Å². The number of benzene rings is 2. The van der Waals surface area contributed by atoms with E-state index in [2.05, 4.69) is 64.7 Å². The summed E-state index contributed by atoms with van der Waals surface area (Å²) in [6, 6.07) is 18.0. The van der Waals surface area contributed by atoms with Gasteiger partial charge in [0.2, 0.25) is 5.91 Å². The maximum absolute atomic E-state index is 13.2. The van der Waals surface area contributed by atoms with Crippen LogP contribution in [0.25, 0.3) is 0 Å². The number of piperazine rings is 1. The summed E-state index contributed by atoms with van der Waals surface area (Å²) in [6.45, 7) is 15.0. The van der Waals surface area contributed by atoms with Crippen LogP contribution in [0.4, 0.5) is 0 Å². The summed E-state index contributed by atoms with van der Waals surface area (Å²) in [4.78, 5) is 22.7. The van der Waals surface area contributed by atoms with Crippen LogP contribution < -0.4 is 10.6 Å². The average Bonchev–Trinajstić information content (AvgIpc) is 2.99. The highest BCUT2D eigenvalue weighted by atomic mass is 16.2. The van der Waals surface area contributed by atoms with Crippen molar-refractivity contribution in [2.45, 2.75) is 59.7 Å². The summed E-state index contributed by atoms with van der Waals surface area (Å²) < 4.78 is 0. The first-order valence-corrected chi connectivity index (χ1v) is 14.4. The van der Waals surface area contributed by atoms with E-state index in [0.29, 0.717) is 6.54 Å². The Kier molecular flexibility index (Phi) is 15.1. The molecule has 2 heterocycles. The molecule has 0 saturated carbocycles. The van der Waals surface area contributed by atoms with Gasteiger partial charge < -0.3 is 15.5 Å². The third-order valence-electron chi connectivity index (χ3n) is 6.77. The predicted octanol–water partition coefficient (Wildman–Crippen LogP) is 5.53. The Balaban J connectivity index is 0.000000815. The van der Waals surface area contributed by atoms with Gasteiger partial charge in [-0.25, -0.2) is 0 Å². The number of nitrogens with one attached hydrogen (secondary N) is 2. The standard InChI is InChI=1S/C27H35N5O.C4H8.C2H6/c1-21-8-10-22(11-9-21)14-15-28-26(23-6-4-3-5-7-23)27(33)30-24-12-13-25(29-20-24)32-18-16-31(2)17-19-32;1-3-4-2;1-2/h3-12,20,25-26,28H,13-19H2,1-2H3,(H,30,33);3-4H,1-2H3;1-2H3/b;4-3-;. The van der Waals surface area contributed by atoms with Crippen LogP contribution in [-0.4, -0.2) is 67.9 Å². The second-order valence-corrected chi connectivity index (χ2v) is 9.68. The minimum Gasteiger partial charge on any atom is -0.323 e. The van der Waals surface area contributed by atoms with E-state index < -0.39 is 6.04 Å². The van der Waals surface area contributed by atoms with Crippen LogP contribution in [0.3, 0.4) is 0 Å². The zero-order chi connectivity index (χ0) is 28.5. The number of rotatable bonds is 8. The number of carbonyl (C=O) groups excluding carboxylic acids is 1. The first-order valence-electron chi connectivity index (χ1n) is 14.4. The number of amides is 1. The fourth-order valence-electron chi connectivity index (χ4n) is 4.30. The summed E-state index contributed by atoms with van der Waals surface area (Å²) in [5, 5.41) is 6.54. The third-order valence-corrected chi connectivity index (χ3v) is 6.77. The van der Waals surface area contributed by atoms with E-state index in [9.17, 15) is 4.79 Å². The number of likely N-dealkylation sites (N-methyl/N-ethyl adjacent to an activating group) is 1. The Morgan fingerprint density at radius 2 is 1.64 bits per heavy atom. The van der Waals surface area contributed by atoms with Crippen LogP contribution in [-0.2, 0) is 11.2 Å². The molecule has 2 unspecified atom stereocenters. The molecule has 2 atom stereocenters. The van der Waals surface area contributed by atoms with Gasteiger partial charge in [-0.05, 0) is 45.4 Å². The van der Waals surface area contributed by atoms with Gasteiger partial charge in [0.1, 0.15) is 12.2 Å². The SMILES string of the molecule is C/C=C\C.CC.Cc1ccc(CCNC(C(=O)NC2=CCC(N3CCN(C)CC3)N=C2)c2ccccc2)cc1. The van der Waals surface area contributed by atoms with E-state index >= 15 is 0 Å². The molecule has 1 amide bonds. The topological polar surface area (TPSA) is 60.0 Å². The zero-order valence-electron chi connectivity index (χ0n) is 24.9. The van der Waals surface area contributed by atoms with Crippen molar-refractivity contribution >= 4 is 12.1 Å². The molecular formula is C33H49N5O. The summed E-state index contributed by atoms with van der Waals surface area (Å²) in [5.74, 6) is -0.0548. The van der Waals surface area contributed by atoms with Crippen molar-refractivity contribution in [3.8, 4) is 0 Å². The van der Waals surface area contributed by atoms with Crippen molar-refractivity contribution in [3.63, 3.8) is 0 Å². The number of nitrogens with zero attached hydrogens (tertiary/aromatic N) is 3. The molecule has 212 valence electrons. The van der Waals surface area contributed by atoms with Gasteiger partial charge in [-0.1, -0.05) is 92.2 Å². The van der Waals surface area contributed by atoms with Crippen LogP contribution in [0.5, 0.6) is 0 Å². The van der Waals surface area contributed by atoms with Crippen LogP contribution in [0, 0.1) is 6.92 Å². The number of carbonyl (C=O) groups is 1. The number of allylic oxidation sites excluding steroid dienone is 3. The number of aliphatic imine (C=N–C) groups is 1. The van der Waals surface area contributed by atoms with Crippen LogP contribution in [0.2, 0.25) is 0 Å². The molecule has 0 aromatic heterocycles. The molecule has 1 fully saturated rings. The average molecular weight is 532 g/mol. The highest BCUT2D eigenvalue weighted by Crippen LogP contribution is 2.17. The van der Waals surface area contributed by atoms with Crippen LogP contribution >= 0.6 is 0 Å². The molecule has 0 bridgehead atoms. The van der Waals surface area contributed by atoms with Crippen molar-refractivity contribution in [2.75, 3.05) is 39.8 Å². The molecule has 2 aliphatic heterocycles. The summed E-state index contributed by atoms with van der Waals surface area (Å²) in [6.07, 6.45) is 9.79. The molecule has 39 heavy (non-hydrogen) atoms. The Bertz CT molecular complexity index is 1030. The molecule has 6 heteroatoms. The van der Waals surface area contributed by atoms with Crippen molar-refractivity contribution < 1.29 is 4.79 Å². The quantitative estimate of drug-likeness (QED) is 0.440. The van der Waals surface area contributed by atoms with Gasteiger partial charge in [-0.2, -0.15) is 0 Å². The van der Waals surface area contributed by atoms with E-state index in [1.54, 1.807) is 0 Å². The second kappa shape index (κ2) is 18.3. The van der Waals surface area contributed by atoms with E-state index in [1.165, 1.54) is 11.1 Å². The van der Waals surface area contributed by atoms with Gasteiger partial charge in [-0.3, -0.25) is 14.7 Å². The fourth-order valence-corrected chi connectivity index (χ4v) is 4.30. The maximum atomic E-state index is 13.2. The van der Waals surface area contributed by atoms with E-state index in [0.717, 1.165) is 50.3 Å². The first-order chi connectivity index (χ1) is 19.0. The summed E-state index contributed by atoms with van der Waals surface area (Å²) >= 11 is 0. The lowest BCUT2D eigenvalue weighted by Gasteiger charge is -2.36. The van der Waals surface area contributed by atoms with Crippen molar-refractivity contribution in [1.29, 1.82) is 0 Å². The van der Waals surface area contributed by atoms with Gasteiger partial charge in [0, 0.05) is 45.4 Å². The Morgan fingerprint density at radius 1 is 1.00 bits per heavy atom. The number of hydrogen-bond donors (Lipinski definition) is 2. The highest BCUT2D eigenvalue weighted by Gasteiger charge is 2.24. The number of dihydropyridines is 1. The normalized spacial score (nSPS) is 18.3. The van der Waals surface area contributed by atoms with Gasteiger partial charge in [0.25, 0.3) is 0 Å². The van der Waals surface area contributed by atoms with Gasteiger partial charge in [0.05, 0.1) is 5.70 Å². The number of hydrogen-bond acceptors (Lipinski definition) is 5. The maximum Gasteiger partial charge on any atom is 0.246 e. The minimum atomic E-state index is -0.415. The first kappa shape index (κ1) is 32.2. The molecule has 1 saturated heterocycles. The fraction of sp³-hybridized carbons (Fsp3) is 0.455. The number of aryl methyl sites for hydroxylation is 1. The van der Waals surface area contributed by atoms with E-state index in [1.807, 2.05) is 76.4 Å². The van der Waals surface area contributed by atoms with Gasteiger partial charge in [-0.15, -0.1) is 0 Å². The summed E-state index contributed by atoms with van der Waals surface area (Å²) in [5.41, 5.74) is 4.26. The third kappa shape index (κ3) is 11.3. The lowest BCUT2D eigenvalue weighted by atomic mass is 10.0. The highest BCUT2D eigenvalue weighted by molar-refractivity contribution is 5.91. The van der Waals surface area contributed by atoms with Gasteiger partial charge in [0.15, 0.2) is 0 Å². The van der Waals surface area contributed by atoms with Crippen molar-refractivity contribution in [3.05, 3.63) is 95.2 Å². The molecule has 4 rings (SSSR count). The Labute approximate surface area is 236 Å². The Hall–Kier alpha value is -3.06. The zero-order valence-corrected chi connectivity index (χ0v) is 24.9. The smallest absolute Gasteiger partial charge is 0.246 e. The molecule has 2 N–H and O–H groups in total.